The molecule has 0 rings (SSSR count). The minimum absolute atomic E-state index is 0.0833. The summed E-state index contributed by atoms with van der Waals surface area (Å²) in [6.07, 6.45) is 0.342. The molecule has 0 aromatic heterocycles. The largest absolute Gasteiger partial charge is 0.481 e. The first-order valence-corrected chi connectivity index (χ1v) is 5.98. The van der Waals surface area contributed by atoms with E-state index in [-0.39, 0.29) is 18.9 Å². The van der Waals surface area contributed by atoms with E-state index >= 15 is 0 Å². The fourth-order valence-electron chi connectivity index (χ4n) is 1.55. The lowest BCUT2D eigenvalue weighted by Gasteiger charge is -2.37. The topological polar surface area (TPSA) is 92.9 Å². The van der Waals surface area contributed by atoms with Gasteiger partial charge < -0.3 is 20.5 Å². The zero-order valence-corrected chi connectivity index (χ0v) is 11.6. The van der Waals surface area contributed by atoms with Gasteiger partial charge in [0.2, 0.25) is 5.91 Å². The third-order valence-electron chi connectivity index (χ3n) is 2.58. The Bertz CT molecular complexity index is 286. The first kappa shape index (κ1) is 16.9. The van der Waals surface area contributed by atoms with Gasteiger partial charge >= 0.3 is 5.97 Å². The SMILES string of the molecule is COCCC(N)C(=O)N(CCC(=O)O)C(C)(C)C. The van der Waals surface area contributed by atoms with E-state index in [1.165, 1.54) is 4.90 Å². The fraction of sp³-hybridized carbons (Fsp3) is 0.833. The maximum Gasteiger partial charge on any atom is 0.305 e. The first-order valence-electron chi connectivity index (χ1n) is 5.98. The highest BCUT2D eigenvalue weighted by molar-refractivity contribution is 5.82. The minimum atomic E-state index is -0.928. The number of carboxylic acid groups (broad SMARTS) is 1. The van der Waals surface area contributed by atoms with E-state index in [9.17, 15) is 9.59 Å². The van der Waals surface area contributed by atoms with Crippen molar-refractivity contribution in [3.63, 3.8) is 0 Å². The van der Waals surface area contributed by atoms with Crippen LogP contribution in [0.2, 0.25) is 0 Å². The highest BCUT2D eigenvalue weighted by Crippen LogP contribution is 2.15. The van der Waals surface area contributed by atoms with Crippen molar-refractivity contribution in [3.8, 4) is 0 Å². The highest BCUT2D eigenvalue weighted by Gasteiger charge is 2.30. The number of carboxylic acids is 1. The number of rotatable bonds is 7. The molecule has 0 radical (unpaired) electrons. The summed E-state index contributed by atoms with van der Waals surface area (Å²) in [5, 5.41) is 8.70. The van der Waals surface area contributed by atoms with Crippen molar-refractivity contribution in [2.75, 3.05) is 20.3 Å². The van der Waals surface area contributed by atoms with Crippen LogP contribution in [0.1, 0.15) is 33.6 Å². The molecule has 0 aliphatic carbocycles. The lowest BCUT2D eigenvalue weighted by molar-refractivity contribution is -0.141. The Kier molecular flexibility index (Phi) is 6.86. The Morgan fingerprint density at radius 2 is 1.94 bits per heavy atom. The number of amides is 1. The van der Waals surface area contributed by atoms with Gasteiger partial charge in [0.1, 0.15) is 0 Å². The average molecular weight is 260 g/mol. The summed E-state index contributed by atoms with van der Waals surface area (Å²) in [5.74, 6) is -1.16. The van der Waals surface area contributed by atoms with Crippen LogP contribution in [0.5, 0.6) is 0 Å². The number of methoxy groups -OCH3 is 1. The van der Waals surface area contributed by atoms with Gasteiger partial charge in [-0.15, -0.1) is 0 Å². The molecular formula is C12H24N2O4. The predicted molar refractivity (Wildman–Crippen MR) is 68.2 cm³/mol. The van der Waals surface area contributed by atoms with Crippen molar-refractivity contribution in [2.45, 2.75) is 45.2 Å². The molecule has 0 aliphatic rings. The second kappa shape index (κ2) is 7.33. The molecule has 1 atom stereocenters. The lowest BCUT2D eigenvalue weighted by Crippen LogP contribution is -2.53. The number of hydrogen-bond donors (Lipinski definition) is 2. The van der Waals surface area contributed by atoms with Gasteiger partial charge in [-0.05, 0) is 27.2 Å². The van der Waals surface area contributed by atoms with Gasteiger partial charge in [-0.1, -0.05) is 0 Å². The molecule has 0 bridgehead atoms. The summed E-state index contributed by atoms with van der Waals surface area (Å²) in [7, 11) is 1.54. The number of nitrogens with zero attached hydrogens (tertiary/aromatic N) is 1. The third-order valence-corrected chi connectivity index (χ3v) is 2.58. The third kappa shape index (κ3) is 5.97. The quantitative estimate of drug-likeness (QED) is 0.693. The predicted octanol–water partition coefficient (Wildman–Crippen LogP) is 0.452. The molecule has 18 heavy (non-hydrogen) atoms. The number of nitrogens with two attached hydrogens (primary N) is 1. The van der Waals surface area contributed by atoms with E-state index in [0.717, 1.165) is 0 Å². The van der Waals surface area contributed by atoms with Crippen LogP contribution < -0.4 is 5.73 Å². The number of aliphatic carboxylic acids is 1. The number of carbonyl (C=O) groups is 2. The number of carbonyl (C=O) groups excluding carboxylic acids is 1. The molecule has 3 N–H and O–H groups in total. The standard InChI is InChI=1S/C12H24N2O4/c1-12(2,3)14(7-5-10(15)16)11(17)9(13)6-8-18-4/h9H,5-8,13H2,1-4H3,(H,15,16). The van der Waals surface area contributed by atoms with Crippen molar-refractivity contribution in [1.29, 1.82) is 0 Å². The Balaban J connectivity index is 4.64. The van der Waals surface area contributed by atoms with Crippen LogP contribution in [0.15, 0.2) is 0 Å². The molecule has 0 saturated carbocycles. The monoisotopic (exact) mass is 260 g/mol. The molecule has 0 aliphatic heterocycles. The second-order valence-electron chi connectivity index (χ2n) is 5.19. The van der Waals surface area contributed by atoms with Crippen LogP contribution in [0, 0.1) is 0 Å². The van der Waals surface area contributed by atoms with Crippen LogP contribution in [-0.4, -0.2) is 53.7 Å². The van der Waals surface area contributed by atoms with Crippen molar-refractivity contribution in [3.05, 3.63) is 0 Å². The molecular weight excluding hydrogens is 236 g/mol. The van der Waals surface area contributed by atoms with Gasteiger partial charge in [-0.2, -0.15) is 0 Å². The molecule has 0 aromatic rings. The van der Waals surface area contributed by atoms with Crippen molar-refractivity contribution < 1.29 is 19.4 Å². The van der Waals surface area contributed by atoms with E-state index < -0.39 is 17.6 Å². The Hall–Kier alpha value is -1.14. The van der Waals surface area contributed by atoms with Gasteiger partial charge in [-0.25, -0.2) is 0 Å². The summed E-state index contributed by atoms with van der Waals surface area (Å²) in [6, 6.07) is -0.655. The molecule has 0 spiro atoms. The van der Waals surface area contributed by atoms with Gasteiger partial charge in [0, 0.05) is 25.8 Å². The van der Waals surface area contributed by atoms with Crippen LogP contribution in [0.4, 0.5) is 0 Å². The van der Waals surface area contributed by atoms with Gasteiger partial charge in [0.15, 0.2) is 0 Å². The normalized spacial score (nSPS) is 13.2. The Morgan fingerprint density at radius 1 is 1.39 bits per heavy atom. The summed E-state index contributed by atoms with van der Waals surface area (Å²) in [4.78, 5) is 24.3. The van der Waals surface area contributed by atoms with Crippen LogP contribution in [-0.2, 0) is 14.3 Å². The zero-order valence-electron chi connectivity index (χ0n) is 11.6. The molecule has 0 heterocycles. The van der Waals surface area contributed by atoms with Gasteiger partial charge in [0.25, 0.3) is 0 Å². The van der Waals surface area contributed by atoms with Crippen molar-refractivity contribution in [1.82, 2.24) is 4.90 Å². The van der Waals surface area contributed by atoms with Crippen molar-refractivity contribution in [2.24, 2.45) is 5.73 Å². The first-order chi connectivity index (χ1) is 8.20. The van der Waals surface area contributed by atoms with Gasteiger partial charge in [-0.3, -0.25) is 9.59 Å². The smallest absolute Gasteiger partial charge is 0.305 e. The van der Waals surface area contributed by atoms with E-state index in [0.29, 0.717) is 13.0 Å². The summed E-state index contributed by atoms with van der Waals surface area (Å²) in [6.45, 7) is 6.14. The van der Waals surface area contributed by atoms with Crippen LogP contribution in [0.25, 0.3) is 0 Å². The molecule has 6 nitrogen and oxygen atoms in total. The molecule has 6 heteroatoms. The maximum absolute atomic E-state index is 12.2. The van der Waals surface area contributed by atoms with E-state index in [1.54, 1.807) is 7.11 Å². The van der Waals surface area contributed by atoms with E-state index in [2.05, 4.69) is 0 Å². The number of hydrogen-bond acceptors (Lipinski definition) is 4. The Morgan fingerprint density at radius 3 is 2.33 bits per heavy atom. The summed E-state index contributed by atoms with van der Waals surface area (Å²) < 4.78 is 4.88. The minimum Gasteiger partial charge on any atom is -0.481 e. The van der Waals surface area contributed by atoms with E-state index in [4.69, 9.17) is 15.6 Å². The Labute approximate surface area is 108 Å². The lowest BCUT2D eigenvalue weighted by atomic mass is 10.0. The molecule has 1 amide bonds. The fourth-order valence-corrected chi connectivity index (χ4v) is 1.55. The zero-order chi connectivity index (χ0) is 14.3. The van der Waals surface area contributed by atoms with Crippen molar-refractivity contribution >= 4 is 11.9 Å². The molecule has 106 valence electrons. The van der Waals surface area contributed by atoms with E-state index in [1.807, 2.05) is 20.8 Å². The van der Waals surface area contributed by atoms with Crippen LogP contribution in [0.3, 0.4) is 0 Å². The summed E-state index contributed by atoms with van der Waals surface area (Å²) >= 11 is 0. The molecule has 1 unspecified atom stereocenters. The average Bonchev–Trinajstić information content (AvgIpc) is 2.23. The highest BCUT2D eigenvalue weighted by atomic mass is 16.5. The van der Waals surface area contributed by atoms with Crippen LogP contribution >= 0.6 is 0 Å². The summed E-state index contributed by atoms with van der Waals surface area (Å²) in [5.41, 5.74) is 5.34. The molecule has 0 aromatic carbocycles. The molecule has 0 fully saturated rings. The maximum atomic E-state index is 12.2. The second-order valence-corrected chi connectivity index (χ2v) is 5.19. The van der Waals surface area contributed by atoms with Gasteiger partial charge in [0.05, 0.1) is 12.5 Å². The number of ether oxygens (including phenoxy) is 1. The molecule has 0 saturated heterocycles.